The molecule has 0 fully saturated rings. The maximum Gasteiger partial charge on any atom is 0.256 e. The van der Waals surface area contributed by atoms with Crippen LogP contribution < -0.4 is 0 Å². The second kappa shape index (κ2) is 6.14. The quantitative estimate of drug-likeness (QED) is 0.870. The van der Waals surface area contributed by atoms with Crippen molar-refractivity contribution in [3.63, 3.8) is 0 Å². The van der Waals surface area contributed by atoms with Gasteiger partial charge in [0.1, 0.15) is 0 Å². The first-order chi connectivity index (χ1) is 10.0. The summed E-state index contributed by atoms with van der Waals surface area (Å²) in [5.41, 5.74) is 1.01. The molecule has 0 atom stereocenters. The van der Waals surface area contributed by atoms with Crippen molar-refractivity contribution in [2.75, 3.05) is 7.05 Å². The molecule has 0 aliphatic rings. The Labute approximate surface area is 121 Å². The maximum atomic E-state index is 13.6. The topological polar surface area (TPSA) is 44.1 Å². The number of hydrogen-bond acceptors (Lipinski definition) is 2. The number of amides is 1. The fraction of sp³-hybridized carbons (Fsp3) is 0.125. The zero-order chi connectivity index (χ0) is 15.4. The Kier molecular flexibility index (Phi) is 4.29. The van der Waals surface area contributed by atoms with Crippen molar-refractivity contribution in [1.29, 1.82) is 5.26 Å². The van der Waals surface area contributed by atoms with Crippen LogP contribution in [-0.4, -0.2) is 17.9 Å². The van der Waals surface area contributed by atoms with Crippen LogP contribution in [0.3, 0.4) is 0 Å². The van der Waals surface area contributed by atoms with Gasteiger partial charge in [-0.1, -0.05) is 18.2 Å². The van der Waals surface area contributed by atoms with Crippen molar-refractivity contribution in [1.82, 2.24) is 4.90 Å². The van der Waals surface area contributed by atoms with Crippen molar-refractivity contribution in [2.45, 2.75) is 6.54 Å². The lowest BCUT2D eigenvalue weighted by molar-refractivity contribution is 0.0779. The normalized spacial score (nSPS) is 10.0. The van der Waals surface area contributed by atoms with Gasteiger partial charge in [0.05, 0.1) is 17.2 Å². The molecule has 2 rings (SSSR count). The highest BCUT2D eigenvalue weighted by Crippen LogP contribution is 2.15. The number of benzene rings is 2. The van der Waals surface area contributed by atoms with E-state index < -0.39 is 17.5 Å². The Morgan fingerprint density at radius 3 is 2.48 bits per heavy atom. The SMILES string of the molecule is CN(Cc1ccc(C#N)cc1)C(=O)c1cccc(F)c1F. The molecule has 1 amide bonds. The largest absolute Gasteiger partial charge is 0.337 e. The molecule has 106 valence electrons. The van der Waals surface area contributed by atoms with Crippen LogP contribution in [0.25, 0.3) is 0 Å². The van der Waals surface area contributed by atoms with E-state index in [0.29, 0.717) is 5.56 Å². The van der Waals surface area contributed by atoms with Crippen LogP contribution >= 0.6 is 0 Å². The Morgan fingerprint density at radius 2 is 1.86 bits per heavy atom. The van der Waals surface area contributed by atoms with Crippen molar-refractivity contribution in [2.24, 2.45) is 0 Å². The third kappa shape index (κ3) is 3.23. The van der Waals surface area contributed by atoms with E-state index in [0.717, 1.165) is 11.6 Å². The van der Waals surface area contributed by atoms with Gasteiger partial charge in [-0.15, -0.1) is 0 Å². The second-order valence-corrected chi connectivity index (χ2v) is 4.57. The Hall–Kier alpha value is -2.74. The second-order valence-electron chi connectivity index (χ2n) is 4.57. The molecule has 0 spiro atoms. The molecule has 5 heteroatoms. The molecule has 0 saturated carbocycles. The molecule has 2 aromatic carbocycles. The zero-order valence-electron chi connectivity index (χ0n) is 11.3. The first-order valence-electron chi connectivity index (χ1n) is 6.21. The van der Waals surface area contributed by atoms with E-state index in [1.54, 1.807) is 24.3 Å². The molecular weight excluding hydrogens is 274 g/mol. The molecule has 0 aliphatic heterocycles. The molecular formula is C16H12F2N2O. The number of halogens is 2. The van der Waals surface area contributed by atoms with Gasteiger partial charge in [0.25, 0.3) is 5.91 Å². The van der Waals surface area contributed by atoms with Gasteiger partial charge in [-0.05, 0) is 29.8 Å². The summed E-state index contributed by atoms with van der Waals surface area (Å²) in [6.07, 6.45) is 0. The van der Waals surface area contributed by atoms with E-state index in [9.17, 15) is 13.6 Å². The van der Waals surface area contributed by atoms with E-state index in [2.05, 4.69) is 0 Å². The van der Waals surface area contributed by atoms with Gasteiger partial charge in [-0.2, -0.15) is 5.26 Å². The summed E-state index contributed by atoms with van der Waals surface area (Å²) in [7, 11) is 1.50. The van der Waals surface area contributed by atoms with Crippen molar-refractivity contribution in [3.05, 3.63) is 70.8 Å². The summed E-state index contributed by atoms with van der Waals surface area (Å²) in [5.74, 6) is -2.79. The van der Waals surface area contributed by atoms with Gasteiger partial charge in [-0.3, -0.25) is 4.79 Å². The van der Waals surface area contributed by atoms with Gasteiger partial charge in [0.2, 0.25) is 0 Å². The summed E-state index contributed by atoms with van der Waals surface area (Å²) in [6, 6.07) is 12.2. The highest BCUT2D eigenvalue weighted by atomic mass is 19.2. The van der Waals surface area contributed by atoms with Crippen LogP contribution in [0.1, 0.15) is 21.5 Å². The zero-order valence-corrected chi connectivity index (χ0v) is 11.3. The molecule has 0 aromatic heterocycles. The fourth-order valence-corrected chi connectivity index (χ4v) is 1.90. The number of carbonyl (C=O) groups excluding carboxylic acids is 1. The number of nitriles is 1. The van der Waals surface area contributed by atoms with E-state index in [1.807, 2.05) is 6.07 Å². The lowest BCUT2D eigenvalue weighted by Crippen LogP contribution is -2.27. The predicted molar refractivity (Wildman–Crippen MR) is 73.3 cm³/mol. The minimum atomic E-state index is -1.14. The highest BCUT2D eigenvalue weighted by Gasteiger charge is 2.18. The van der Waals surface area contributed by atoms with Crippen molar-refractivity contribution < 1.29 is 13.6 Å². The lowest BCUT2D eigenvalue weighted by atomic mass is 10.1. The summed E-state index contributed by atoms with van der Waals surface area (Å²) >= 11 is 0. The highest BCUT2D eigenvalue weighted by molar-refractivity contribution is 5.94. The average Bonchev–Trinajstić information content (AvgIpc) is 2.50. The molecule has 0 aliphatic carbocycles. The first kappa shape index (κ1) is 14.7. The van der Waals surface area contributed by atoms with Gasteiger partial charge >= 0.3 is 0 Å². The number of hydrogen-bond donors (Lipinski definition) is 0. The molecule has 21 heavy (non-hydrogen) atoms. The molecule has 3 nitrogen and oxygen atoms in total. The number of nitrogens with zero attached hydrogens (tertiary/aromatic N) is 2. The summed E-state index contributed by atoms with van der Waals surface area (Å²) in [6.45, 7) is 0.237. The van der Waals surface area contributed by atoms with Gasteiger partial charge < -0.3 is 4.90 Å². The summed E-state index contributed by atoms with van der Waals surface area (Å²) in [5, 5.41) is 8.71. The predicted octanol–water partition coefficient (Wildman–Crippen LogP) is 3.11. The van der Waals surface area contributed by atoms with Crippen LogP contribution in [0.5, 0.6) is 0 Å². The number of rotatable bonds is 3. The Morgan fingerprint density at radius 1 is 1.19 bits per heavy atom. The van der Waals surface area contributed by atoms with Crippen LogP contribution in [0.4, 0.5) is 8.78 Å². The van der Waals surface area contributed by atoms with E-state index in [1.165, 1.54) is 24.1 Å². The lowest BCUT2D eigenvalue weighted by Gasteiger charge is -2.17. The molecule has 2 aromatic rings. The summed E-state index contributed by atoms with van der Waals surface area (Å²) < 4.78 is 26.7. The minimum Gasteiger partial charge on any atom is -0.337 e. The van der Waals surface area contributed by atoms with Crippen molar-refractivity contribution >= 4 is 5.91 Å². The minimum absolute atomic E-state index is 0.237. The van der Waals surface area contributed by atoms with Crippen LogP contribution in [0.2, 0.25) is 0 Å². The van der Waals surface area contributed by atoms with Crippen LogP contribution in [0.15, 0.2) is 42.5 Å². The van der Waals surface area contributed by atoms with E-state index >= 15 is 0 Å². The molecule has 0 unspecified atom stereocenters. The molecule has 0 saturated heterocycles. The number of carbonyl (C=O) groups is 1. The molecule has 0 bridgehead atoms. The van der Waals surface area contributed by atoms with Crippen molar-refractivity contribution in [3.8, 4) is 6.07 Å². The standard InChI is InChI=1S/C16H12F2N2O/c1-20(10-12-7-5-11(9-19)6-8-12)16(21)13-3-2-4-14(17)15(13)18/h2-8H,10H2,1H3. The summed E-state index contributed by atoms with van der Waals surface area (Å²) in [4.78, 5) is 13.4. The maximum absolute atomic E-state index is 13.6. The van der Waals surface area contributed by atoms with Gasteiger partial charge in [0, 0.05) is 13.6 Å². The third-order valence-corrected chi connectivity index (χ3v) is 3.03. The van der Waals surface area contributed by atoms with E-state index in [-0.39, 0.29) is 12.1 Å². The van der Waals surface area contributed by atoms with Gasteiger partial charge in [-0.25, -0.2) is 8.78 Å². The third-order valence-electron chi connectivity index (χ3n) is 3.03. The Balaban J connectivity index is 2.15. The fourth-order valence-electron chi connectivity index (χ4n) is 1.90. The molecule has 0 N–H and O–H groups in total. The molecule has 0 heterocycles. The van der Waals surface area contributed by atoms with Crippen LogP contribution in [-0.2, 0) is 6.54 Å². The van der Waals surface area contributed by atoms with Crippen LogP contribution in [0, 0.1) is 23.0 Å². The molecule has 0 radical (unpaired) electrons. The first-order valence-corrected chi connectivity index (χ1v) is 6.21. The van der Waals surface area contributed by atoms with E-state index in [4.69, 9.17) is 5.26 Å². The Bertz CT molecular complexity index is 705. The smallest absolute Gasteiger partial charge is 0.256 e. The monoisotopic (exact) mass is 286 g/mol. The average molecular weight is 286 g/mol. The van der Waals surface area contributed by atoms with Gasteiger partial charge in [0.15, 0.2) is 11.6 Å².